The van der Waals surface area contributed by atoms with E-state index >= 15 is 0 Å². The van der Waals surface area contributed by atoms with Gasteiger partial charge in [0, 0.05) is 11.9 Å². The predicted molar refractivity (Wildman–Crippen MR) is 48.4 cm³/mol. The molecule has 0 rings (SSSR count). The number of hydrogen-bond donors (Lipinski definition) is 0. The molecule has 0 unspecified atom stereocenters. The van der Waals surface area contributed by atoms with E-state index in [4.69, 9.17) is 0 Å². The van der Waals surface area contributed by atoms with Gasteiger partial charge in [0.1, 0.15) is 0 Å². The Bertz CT molecular complexity index is 219. The molecule has 0 aliphatic rings. The van der Waals surface area contributed by atoms with Gasteiger partial charge in [0.15, 0.2) is 0 Å². The van der Waals surface area contributed by atoms with Crippen molar-refractivity contribution >= 4 is 6.09 Å². The van der Waals surface area contributed by atoms with E-state index < -0.39 is 6.09 Å². The highest BCUT2D eigenvalue weighted by molar-refractivity contribution is 5.70. The van der Waals surface area contributed by atoms with Crippen molar-refractivity contribution in [1.82, 2.24) is 4.90 Å². The molecular formula is C9H13NO2. The summed E-state index contributed by atoms with van der Waals surface area (Å²) in [6, 6.07) is 0. The van der Waals surface area contributed by atoms with Crippen molar-refractivity contribution in [1.29, 1.82) is 0 Å². The van der Waals surface area contributed by atoms with E-state index in [-0.39, 0.29) is 0 Å². The Morgan fingerprint density at radius 2 is 2.08 bits per heavy atom. The molecule has 3 nitrogen and oxygen atoms in total. The molecule has 0 aromatic heterocycles. The molecular weight excluding hydrogens is 154 g/mol. The molecule has 0 bridgehead atoms. The van der Waals surface area contributed by atoms with Crippen LogP contribution in [0.1, 0.15) is 6.92 Å². The van der Waals surface area contributed by atoms with Gasteiger partial charge < -0.3 is 4.74 Å². The van der Waals surface area contributed by atoms with E-state index in [0.29, 0.717) is 5.70 Å². The Balaban J connectivity index is 4.54. The smallest absolute Gasteiger partial charge is 0.417 e. The van der Waals surface area contributed by atoms with Crippen molar-refractivity contribution in [3.05, 3.63) is 37.2 Å². The molecule has 0 spiro atoms. The molecule has 0 aliphatic carbocycles. The number of hydrogen-bond acceptors (Lipinski definition) is 2. The highest BCUT2D eigenvalue weighted by atomic mass is 16.5. The van der Waals surface area contributed by atoms with Crippen molar-refractivity contribution in [3.63, 3.8) is 0 Å². The first-order chi connectivity index (χ1) is 5.67. The zero-order valence-electron chi connectivity index (χ0n) is 7.41. The topological polar surface area (TPSA) is 29.5 Å². The van der Waals surface area contributed by atoms with Crippen LogP contribution >= 0.6 is 0 Å². The zero-order chi connectivity index (χ0) is 9.56. The molecule has 0 aromatic carbocycles. The SMILES string of the molecule is C=C/C=C(\C)N(C=C)C(=O)OC. The van der Waals surface area contributed by atoms with Crippen molar-refractivity contribution in [2.75, 3.05) is 7.11 Å². The summed E-state index contributed by atoms with van der Waals surface area (Å²) < 4.78 is 4.51. The summed E-state index contributed by atoms with van der Waals surface area (Å²) in [6.07, 6.45) is 4.22. The number of carbonyl (C=O) groups excluding carboxylic acids is 1. The second-order valence-corrected chi connectivity index (χ2v) is 2.07. The lowest BCUT2D eigenvalue weighted by Crippen LogP contribution is -2.23. The van der Waals surface area contributed by atoms with Crippen molar-refractivity contribution in [2.24, 2.45) is 0 Å². The summed E-state index contributed by atoms with van der Waals surface area (Å²) in [6.45, 7) is 8.76. The third-order valence-corrected chi connectivity index (χ3v) is 1.29. The van der Waals surface area contributed by atoms with Gasteiger partial charge in [-0.3, -0.25) is 4.90 Å². The molecule has 0 aliphatic heterocycles. The molecule has 0 heterocycles. The van der Waals surface area contributed by atoms with Crippen LogP contribution in [0.5, 0.6) is 0 Å². The Morgan fingerprint density at radius 3 is 2.42 bits per heavy atom. The van der Waals surface area contributed by atoms with E-state index in [1.807, 2.05) is 0 Å². The van der Waals surface area contributed by atoms with Gasteiger partial charge in [-0.25, -0.2) is 4.79 Å². The van der Waals surface area contributed by atoms with Crippen LogP contribution in [0.3, 0.4) is 0 Å². The molecule has 1 amide bonds. The Morgan fingerprint density at radius 1 is 1.50 bits per heavy atom. The van der Waals surface area contributed by atoms with Crippen LogP contribution in [0.15, 0.2) is 37.2 Å². The van der Waals surface area contributed by atoms with E-state index in [9.17, 15) is 4.79 Å². The van der Waals surface area contributed by atoms with Crippen LogP contribution in [0.4, 0.5) is 4.79 Å². The van der Waals surface area contributed by atoms with Crippen LogP contribution in [-0.4, -0.2) is 18.1 Å². The fourth-order valence-corrected chi connectivity index (χ4v) is 0.712. The second-order valence-electron chi connectivity index (χ2n) is 2.07. The molecule has 0 aromatic rings. The lowest BCUT2D eigenvalue weighted by molar-refractivity contribution is 0.149. The maximum Gasteiger partial charge on any atom is 0.417 e. The quantitative estimate of drug-likeness (QED) is 0.603. The number of carbonyl (C=O) groups is 1. The van der Waals surface area contributed by atoms with Crippen LogP contribution in [0.25, 0.3) is 0 Å². The Labute approximate surface area is 72.6 Å². The van der Waals surface area contributed by atoms with Crippen molar-refractivity contribution < 1.29 is 9.53 Å². The highest BCUT2D eigenvalue weighted by Crippen LogP contribution is 2.05. The molecule has 0 radical (unpaired) electrons. The van der Waals surface area contributed by atoms with Gasteiger partial charge in [-0.15, -0.1) is 0 Å². The summed E-state index contributed by atoms with van der Waals surface area (Å²) >= 11 is 0. The molecule has 0 saturated carbocycles. The summed E-state index contributed by atoms with van der Waals surface area (Å²) in [5.41, 5.74) is 0.715. The molecule has 0 N–H and O–H groups in total. The predicted octanol–water partition coefficient (Wildman–Crippen LogP) is 2.29. The number of nitrogens with zero attached hydrogens (tertiary/aromatic N) is 1. The average Bonchev–Trinajstić information content (AvgIpc) is 2.06. The van der Waals surface area contributed by atoms with Crippen molar-refractivity contribution in [2.45, 2.75) is 6.92 Å². The van der Waals surface area contributed by atoms with Gasteiger partial charge in [0.2, 0.25) is 0 Å². The number of amides is 1. The molecule has 0 fully saturated rings. The third kappa shape index (κ3) is 2.62. The van der Waals surface area contributed by atoms with Gasteiger partial charge in [-0.2, -0.15) is 0 Å². The monoisotopic (exact) mass is 167 g/mol. The Hall–Kier alpha value is -1.51. The molecule has 0 atom stereocenters. The largest absolute Gasteiger partial charge is 0.452 e. The fourth-order valence-electron chi connectivity index (χ4n) is 0.712. The zero-order valence-corrected chi connectivity index (χ0v) is 7.41. The summed E-state index contributed by atoms with van der Waals surface area (Å²) in [5, 5.41) is 0. The molecule has 12 heavy (non-hydrogen) atoms. The van der Waals surface area contributed by atoms with Gasteiger partial charge in [-0.1, -0.05) is 19.2 Å². The highest BCUT2D eigenvalue weighted by Gasteiger charge is 2.10. The minimum absolute atomic E-state index is 0.458. The lowest BCUT2D eigenvalue weighted by atomic mass is 10.4. The average molecular weight is 167 g/mol. The molecule has 3 heteroatoms. The van der Waals surface area contributed by atoms with Gasteiger partial charge in [0.25, 0.3) is 0 Å². The first kappa shape index (κ1) is 10.5. The number of methoxy groups -OCH3 is 1. The summed E-state index contributed by atoms with van der Waals surface area (Å²) in [7, 11) is 1.32. The summed E-state index contributed by atoms with van der Waals surface area (Å²) in [5.74, 6) is 0. The maximum atomic E-state index is 11.0. The van der Waals surface area contributed by atoms with E-state index in [1.54, 1.807) is 19.1 Å². The van der Waals surface area contributed by atoms with Crippen molar-refractivity contribution in [3.8, 4) is 0 Å². The van der Waals surface area contributed by atoms with Crippen LogP contribution < -0.4 is 0 Å². The molecule has 0 saturated heterocycles. The normalized spacial score (nSPS) is 10.3. The van der Waals surface area contributed by atoms with Crippen LogP contribution in [-0.2, 0) is 4.74 Å². The first-order valence-corrected chi connectivity index (χ1v) is 3.46. The van der Waals surface area contributed by atoms with E-state index in [1.165, 1.54) is 18.2 Å². The number of rotatable bonds is 3. The fraction of sp³-hybridized carbons (Fsp3) is 0.222. The van der Waals surface area contributed by atoms with Crippen LogP contribution in [0, 0.1) is 0 Å². The first-order valence-electron chi connectivity index (χ1n) is 3.46. The van der Waals surface area contributed by atoms with Gasteiger partial charge in [-0.05, 0) is 13.0 Å². The van der Waals surface area contributed by atoms with E-state index in [2.05, 4.69) is 17.9 Å². The summed E-state index contributed by atoms with van der Waals surface area (Å²) in [4.78, 5) is 12.3. The minimum atomic E-state index is -0.458. The number of allylic oxidation sites excluding steroid dienone is 3. The standard InChI is InChI=1S/C9H13NO2/c1-5-7-8(3)10(6-2)9(11)12-4/h5-7H,1-2H2,3-4H3/b8-7+. The van der Waals surface area contributed by atoms with Gasteiger partial charge in [0.05, 0.1) is 7.11 Å². The lowest BCUT2D eigenvalue weighted by Gasteiger charge is -2.15. The second kappa shape index (κ2) is 5.18. The third-order valence-electron chi connectivity index (χ3n) is 1.29. The van der Waals surface area contributed by atoms with Gasteiger partial charge >= 0.3 is 6.09 Å². The Kier molecular flexibility index (Phi) is 4.53. The minimum Gasteiger partial charge on any atom is -0.452 e. The number of ether oxygens (including phenoxy) is 1. The molecule has 66 valence electrons. The van der Waals surface area contributed by atoms with E-state index in [0.717, 1.165) is 0 Å². The van der Waals surface area contributed by atoms with Crippen LogP contribution in [0.2, 0.25) is 0 Å². The maximum absolute atomic E-state index is 11.0.